The van der Waals surface area contributed by atoms with Crippen molar-refractivity contribution in [1.29, 1.82) is 0 Å². The first kappa shape index (κ1) is 16.0. The molecule has 11 heteroatoms. The van der Waals surface area contributed by atoms with Crippen LogP contribution in [0.5, 0.6) is 0 Å². The zero-order valence-corrected chi connectivity index (χ0v) is 13.7. The molecule has 3 heterocycles. The average Bonchev–Trinajstić information content (AvgIpc) is 3.13. The number of halogens is 1. The Morgan fingerprint density at radius 1 is 1.29 bits per heavy atom. The molecule has 2 aromatic rings. The Labute approximate surface area is 141 Å². The van der Waals surface area contributed by atoms with Gasteiger partial charge in [0.15, 0.2) is 11.5 Å². The SMILES string of the molecule is CNC(=O)Nc1cc2n(n1)CCN2c1cc(C(=O)OC)nc(Cl)n1. The normalized spacial score (nSPS) is 12.7. The fourth-order valence-corrected chi connectivity index (χ4v) is 2.50. The summed E-state index contributed by atoms with van der Waals surface area (Å²) in [6.07, 6.45) is 0. The summed E-state index contributed by atoms with van der Waals surface area (Å²) < 4.78 is 6.38. The van der Waals surface area contributed by atoms with E-state index in [1.165, 1.54) is 20.2 Å². The van der Waals surface area contributed by atoms with Gasteiger partial charge in [-0.3, -0.25) is 5.32 Å². The summed E-state index contributed by atoms with van der Waals surface area (Å²) in [5, 5.41) is 9.28. The van der Waals surface area contributed by atoms with Crippen molar-refractivity contribution in [3.8, 4) is 0 Å². The molecule has 0 fully saturated rings. The van der Waals surface area contributed by atoms with Gasteiger partial charge in [-0.25, -0.2) is 24.2 Å². The maximum Gasteiger partial charge on any atom is 0.356 e. The number of anilines is 3. The van der Waals surface area contributed by atoms with E-state index < -0.39 is 5.97 Å². The Bertz CT molecular complexity index is 807. The lowest BCUT2D eigenvalue weighted by Crippen LogP contribution is -2.25. The lowest BCUT2D eigenvalue weighted by atomic mass is 10.3. The molecule has 24 heavy (non-hydrogen) atoms. The number of nitrogens with zero attached hydrogens (tertiary/aromatic N) is 5. The summed E-state index contributed by atoms with van der Waals surface area (Å²) in [4.78, 5) is 32.9. The van der Waals surface area contributed by atoms with E-state index in [0.29, 0.717) is 30.5 Å². The number of amides is 2. The Kier molecular flexibility index (Phi) is 4.21. The molecule has 2 N–H and O–H groups in total. The van der Waals surface area contributed by atoms with Crippen LogP contribution in [-0.4, -0.2) is 52.5 Å². The van der Waals surface area contributed by atoms with Crippen molar-refractivity contribution in [3.63, 3.8) is 0 Å². The number of nitrogens with one attached hydrogen (secondary N) is 2. The number of esters is 1. The molecule has 0 saturated carbocycles. The Hall–Kier alpha value is -2.88. The number of hydrogen-bond acceptors (Lipinski definition) is 7. The maximum atomic E-state index is 11.7. The summed E-state index contributed by atoms with van der Waals surface area (Å²) in [6.45, 7) is 1.19. The minimum atomic E-state index is -0.602. The molecule has 0 atom stereocenters. The van der Waals surface area contributed by atoms with Gasteiger partial charge >= 0.3 is 12.0 Å². The summed E-state index contributed by atoms with van der Waals surface area (Å²) in [5.74, 6) is 0.963. The number of ether oxygens (including phenoxy) is 1. The molecular weight excluding hydrogens is 338 g/mol. The highest BCUT2D eigenvalue weighted by atomic mass is 35.5. The number of aromatic nitrogens is 4. The molecular formula is C13H14ClN7O3. The van der Waals surface area contributed by atoms with Crippen molar-refractivity contribution in [1.82, 2.24) is 25.1 Å². The highest BCUT2D eigenvalue weighted by Gasteiger charge is 2.26. The zero-order chi connectivity index (χ0) is 17.3. The third-order valence-electron chi connectivity index (χ3n) is 3.40. The molecule has 0 spiro atoms. The van der Waals surface area contributed by atoms with Crippen LogP contribution in [0.15, 0.2) is 12.1 Å². The van der Waals surface area contributed by atoms with Gasteiger partial charge in [-0.2, -0.15) is 5.10 Å². The fourth-order valence-electron chi connectivity index (χ4n) is 2.32. The molecule has 1 aliphatic heterocycles. The Morgan fingerprint density at radius 2 is 2.08 bits per heavy atom. The lowest BCUT2D eigenvalue weighted by Gasteiger charge is -2.16. The molecule has 1 aliphatic rings. The Balaban J connectivity index is 1.92. The quantitative estimate of drug-likeness (QED) is 0.626. The summed E-state index contributed by atoms with van der Waals surface area (Å²) in [6, 6.07) is 2.83. The van der Waals surface area contributed by atoms with Gasteiger partial charge in [0, 0.05) is 25.7 Å². The van der Waals surface area contributed by atoms with Gasteiger partial charge in [0.2, 0.25) is 5.28 Å². The first-order valence-electron chi connectivity index (χ1n) is 6.99. The van der Waals surface area contributed by atoms with E-state index in [1.54, 1.807) is 10.7 Å². The maximum absolute atomic E-state index is 11.7. The van der Waals surface area contributed by atoms with Crippen LogP contribution < -0.4 is 15.5 Å². The van der Waals surface area contributed by atoms with Crippen LogP contribution in [0.1, 0.15) is 10.5 Å². The molecule has 3 rings (SSSR count). The molecule has 2 amide bonds. The van der Waals surface area contributed by atoms with Gasteiger partial charge in [0.05, 0.1) is 13.7 Å². The highest BCUT2D eigenvalue weighted by Crippen LogP contribution is 2.31. The molecule has 2 aromatic heterocycles. The monoisotopic (exact) mass is 351 g/mol. The topological polar surface area (TPSA) is 114 Å². The van der Waals surface area contributed by atoms with E-state index in [-0.39, 0.29) is 17.0 Å². The summed E-state index contributed by atoms with van der Waals surface area (Å²) in [5.41, 5.74) is 0.0641. The van der Waals surface area contributed by atoms with Gasteiger partial charge in [-0.15, -0.1) is 0 Å². The van der Waals surface area contributed by atoms with Crippen molar-refractivity contribution in [2.24, 2.45) is 0 Å². The summed E-state index contributed by atoms with van der Waals surface area (Å²) >= 11 is 5.91. The number of methoxy groups -OCH3 is 1. The second kappa shape index (κ2) is 6.32. The number of carbonyl (C=O) groups excluding carboxylic acids is 2. The van der Waals surface area contributed by atoms with Crippen molar-refractivity contribution in [3.05, 3.63) is 23.1 Å². The zero-order valence-electron chi connectivity index (χ0n) is 12.9. The molecule has 0 bridgehead atoms. The minimum absolute atomic E-state index is 0.0606. The standard InChI is InChI=1S/C13H14ClN7O3/c1-15-13(23)17-8-6-10-20(3-4-21(10)19-8)9-5-7(11(22)24-2)16-12(14)18-9/h5-6H,3-4H2,1-2H3,(H2,15,17,19,23). The largest absolute Gasteiger partial charge is 0.464 e. The van der Waals surface area contributed by atoms with E-state index in [9.17, 15) is 9.59 Å². The van der Waals surface area contributed by atoms with E-state index in [0.717, 1.165) is 0 Å². The van der Waals surface area contributed by atoms with E-state index in [2.05, 4.69) is 30.4 Å². The van der Waals surface area contributed by atoms with Crippen LogP contribution in [0, 0.1) is 0 Å². The first-order valence-corrected chi connectivity index (χ1v) is 7.36. The molecule has 0 saturated heterocycles. The van der Waals surface area contributed by atoms with Gasteiger partial charge in [0.1, 0.15) is 11.6 Å². The van der Waals surface area contributed by atoms with Crippen LogP contribution >= 0.6 is 11.6 Å². The number of rotatable bonds is 3. The van der Waals surface area contributed by atoms with E-state index in [4.69, 9.17) is 11.6 Å². The van der Waals surface area contributed by atoms with Gasteiger partial charge in [-0.05, 0) is 11.6 Å². The average molecular weight is 352 g/mol. The van der Waals surface area contributed by atoms with Gasteiger partial charge < -0.3 is 15.0 Å². The Morgan fingerprint density at radius 3 is 2.79 bits per heavy atom. The summed E-state index contributed by atoms with van der Waals surface area (Å²) in [7, 11) is 2.78. The smallest absolute Gasteiger partial charge is 0.356 e. The van der Waals surface area contributed by atoms with Crippen molar-refractivity contribution < 1.29 is 14.3 Å². The molecule has 0 unspecified atom stereocenters. The molecule has 0 radical (unpaired) electrons. The van der Waals surface area contributed by atoms with Crippen LogP contribution in [0.25, 0.3) is 0 Å². The van der Waals surface area contributed by atoms with Gasteiger partial charge in [0.25, 0.3) is 0 Å². The van der Waals surface area contributed by atoms with Crippen molar-refractivity contribution in [2.45, 2.75) is 6.54 Å². The number of hydrogen-bond donors (Lipinski definition) is 2. The van der Waals surface area contributed by atoms with Gasteiger partial charge in [-0.1, -0.05) is 0 Å². The number of fused-ring (bicyclic) bond motifs is 1. The van der Waals surface area contributed by atoms with Crippen LogP contribution in [-0.2, 0) is 11.3 Å². The predicted molar refractivity (Wildman–Crippen MR) is 85.7 cm³/mol. The van der Waals surface area contributed by atoms with Crippen LogP contribution in [0.3, 0.4) is 0 Å². The molecule has 126 valence electrons. The van der Waals surface area contributed by atoms with Crippen molar-refractivity contribution >= 4 is 41.1 Å². The lowest BCUT2D eigenvalue weighted by molar-refractivity contribution is 0.0594. The molecule has 0 aromatic carbocycles. The van der Waals surface area contributed by atoms with Crippen LogP contribution in [0.2, 0.25) is 5.28 Å². The fraction of sp³-hybridized carbons (Fsp3) is 0.308. The third-order valence-corrected chi connectivity index (χ3v) is 3.56. The van der Waals surface area contributed by atoms with Crippen molar-refractivity contribution in [2.75, 3.05) is 30.9 Å². The first-order chi connectivity index (χ1) is 11.5. The minimum Gasteiger partial charge on any atom is -0.464 e. The number of carbonyl (C=O) groups is 2. The third kappa shape index (κ3) is 2.95. The highest BCUT2D eigenvalue weighted by molar-refractivity contribution is 6.28. The molecule has 0 aliphatic carbocycles. The molecule has 10 nitrogen and oxygen atoms in total. The van der Waals surface area contributed by atoms with Crippen LogP contribution in [0.4, 0.5) is 22.2 Å². The van der Waals surface area contributed by atoms with E-state index >= 15 is 0 Å². The second-order valence-electron chi connectivity index (χ2n) is 4.84. The van der Waals surface area contributed by atoms with E-state index in [1.807, 2.05) is 4.90 Å². The predicted octanol–water partition coefficient (Wildman–Crippen LogP) is 1.02. The number of urea groups is 1. The second-order valence-corrected chi connectivity index (χ2v) is 5.18.